The molecular weight excluding hydrogens is 373 g/mol. The normalized spacial score (nSPS) is 26.0. The second kappa shape index (κ2) is 8.56. The molecule has 1 aliphatic heterocycles. The quantitative estimate of drug-likeness (QED) is 0.385. The van der Waals surface area contributed by atoms with Crippen molar-refractivity contribution in [1.82, 2.24) is 10.6 Å². The minimum absolute atomic E-state index is 0. The number of nitrogens with zero attached hydrogens (tertiary/aromatic N) is 1. The molecule has 1 atom stereocenters. The van der Waals surface area contributed by atoms with Gasteiger partial charge in [0.2, 0.25) is 0 Å². The van der Waals surface area contributed by atoms with Crippen molar-refractivity contribution in [1.29, 1.82) is 0 Å². The van der Waals surface area contributed by atoms with E-state index in [0.29, 0.717) is 12.6 Å². The Balaban J connectivity index is 0.00000180. The summed E-state index contributed by atoms with van der Waals surface area (Å²) in [6.07, 6.45) is 5.44. The Morgan fingerprint density at radius 3 is 2.74 bits per heavy atom. The predicted octanol–water partition coefficient (Wildman–Crippen LogP) is 1.97. The van der Waals surface area contributed by atoms with Gasteiger partial charge in [-0.25, -0.2) is 0 Å². The highest BCUT2D eigenvalue weighted by Gasteiger charge is 2.34. The first-order valence-electron chi connectivity index (χ1n) is 7.07. The summed E-state index contributed by atoms with van der Waals surface area (Å²) >= 11 is 2.01. The topological polar surface area (TPSA) is 56.7 Å². The molecule has 3 N–H and O–H groups in total. The Labute approximate surface area is 137 Å². The molecule has 0 aromatic carbocycles. The van der Waals surface area contributed by atoms with Crippen LogP contribution in [0.25, 0.3) is 0 Å². The van der Waals surface area contributed by atoms with Crippen molar-refractivity contribution >= 4 is 41.7 Å². The number of hydrogen-bond acceptors (Lipinski definition) is 3. The van der Waals surface area contributed by atoms with Crippen LogP contribution in [0.15, 0.2) is 4.99 Å². The predicted molar refractivity (Wildman–Crippen MR) is 93.7 cm³/mol. The van der Waals surface area contributed by atoms with Gasteiger partial charge in [0.1, 0.15) is 0 Å². The van der Waals surface area contributed by atoms with E-state index in [4.69, 9.17) is 0 Å². The Hall–Kier alpha value is 0.310. The minimum Gasteiger partial charge on any atom is -0.388 e. The number of guanidine groups is 1. The van der Waals surface area contributed by atoms with Gasteiger partial charge in [0.05, 0.1) is 12.1 Å². The standard InChI is InChI=1S/C13H25N3OS.HI/c1-2-14-12(15-10-13(17)6-4-7-13)16-11-5-3-8-18-9-11;/h11,17H,2-10H2,1H3,(H2,14,15,16);1H. The summed E-state index contributed by atoms with van der Waals surface area (Å²) in [6, 6.07) is 0.526. The number of aliphatic hydroxyl groups is 1. The highest BCUT2D eigenvalue weighted by Crippen LogP contribution is 2.31. The van der Waals surface area contributed by atoms with Gasteiger partial charge in [-0.15, -0.1) is 24.0 Å². The summed E-state index contributed by atoms with van der Waals surface area (Å²) in [6.45, 7) is 3.47. The van der Waals surface area contributed by atoms with Crippen molar-refractivity contribution in [2.24, 2.45) is 4.99 Å². The second-order valence-corrected chi connectivity index (χ2v) is 6.48. The van der Waals surface area contributed by atoms with E-state index in [1.165, 1.54) is 18.6 Å². The van der Waals surface area contributed by atoms with E-state index in [2.05, 4.69) is 22.5 Å². The molecule has 0 bridgehead atoms. The fourth-order valence-electron chi connectivity index (χ4n) is 2.34. The Morgan fingerprint density at radius 1 is 1.42 bits per heavy atom. The SMILES string of the molecule is CCNC(=NCC1(O)CCC1)NC1CCCSC1.I. The highest BCUT2D eigenvalue weighted by atomic mass is 127. The maximum atomic E-state index is 10.1. The summed E-state index contributed by atoms with van der Waals surface area (Å²) in [4.78, 5) is 4.54. The van der Waals surface area contributed by atoms with Crippen LogP contribution in [0.4, 0.5) is 0 Å². The number of nitrogens with one attached hydrogen (secondary N) is 2. The molecule has 0 radical (unpaired) electrons. The van der Waals surface area contributed by atoms with Crippen LogP contribution in [0.5, 0.6) is 0 Å². The lowest BCUT2D eigenvalue weighted by atomic mass is 9.80. The van der Waals surface area contributed by atoms with Gasteiger partial charge in [-0.05, 0) is 44.8 Å². The van der Waals surface area contributed by atoms with Crippen molar-refractivity contribution in [2.75, 3.05) is 24.6 Å². The summed E-state index contributed by atoms with van der Waals surface area (Å²) in [5.74, 6) is 3.31. The molecule has 2 aliphatic rings. The van der Waals surface area contributed by atoms with Gasteiger partial charge in [-0.3, -0.25) is 4.99 Å². The number of halogens is 1. The Bertz CT molecular complexity index is 292. The van der Waals surface area contributed by atoms with E-state index in [1.807, 2.05) is 11.8 Å². The molecule has 0 amide bonds. The first-order valence-corrected chi connectivity index (χ1v) is 8.22. The van der Waals surface area contributed by atoms with Crippen molar-refractivity contribution in [3.63, 3.8) is 0 Å². The van der Waals surface area contributed by atoms with Crippen LogP contribution < -0.4 is 10.6 Å². The van der Waals surface area contributed by atoms with E-state index in [9.17, 15) is 5.11 Å². The van der Waals surface area contributed by atoms with Gasteiger partial charge in [0.15, 0.2) is 5.96 Å². The van der Waals surface area contributed by atoms with Gasteiger partial charge in [-0.1, -0.05) is 0 Å². The Morgan fingerprint density at radius 2 is 2.21 bits per heavy atom. The highest BCUT2D eigenvalue weighted by molar-refractivity contribution is 14.0. The fourth-order valence-corrected chi connectivity index (χ4v) is 3.41. The molecule has 6 heteroatoms. The van der Waals surface area contributed by atoms with E-state index < -0.39 is 5.60 Å². The molecule has 1 heterocycles. The lowest BCUT2D eigenvalue weighted by Gasteiger charge is -2.35. The fraction of sp³-hybridized carbons (Fsp3) is 0.923. The van der Waals surface area contributed by atoms with Crippen LogP contribution in [0.3, 0.4) is 0 Å². The molecule has 4 nitrogen and oxygen atoms in total. The zero-order chi connectivity index (χ0) is 12.8. The lowest BCUT2D eigenvalue weighted by molar-refractivity contribution is -0.0236. The van der Waals surface area contributed by atoms with E-state index in [1.54, 1.807) is 0 Å². The first-order chi connectivity index (χ1) is 8.72. The third-order valence-electron chi connectivity index (χ3n) is 3.66. The molecule has 2 rings (SSSR count). The van der Waals surface area contributed by atoms with Gasteiger partial charge >= 0.3 is 0 Å². The molecule has 2 fully saturated rings. The summed E-state index contributed by atoms with van der Waals surface area (Å²) < 4.78 is 0. The molecule has 1 unspecified atom stereocenters. The molecule has 112 valence electrons. The number of aliphatic imine (C=N–C) groups is 1. The van der Waals surface area contributed by atoms with Crippen LogP contribution in [0, 0.1) is 0 Å². The maximum absolute atomic E-state index is 10.1. The summed E-state index contributed by atoms with van der Waals surface area (Å²) in [5, 5.41) is 16.8. The van der Waals surface area contributed by atoms with Gasteiger partial charge in [0.25, 0.3) is 0 Å². The number of thioether (sulfide) groups is 1. The van der Waals surface area contributed by atoms with Crippen LogP contribution in [0.2, 0.25) is 0 Å². The average molecular weight is 399 g/mol. The monoisotopic (exact) mass is 399 g/mol. The molecule has 1 aliphatic carbocycles. The smallest absolute Gasteiger partial charge is 0.191 e. The molecule has 1 saturated carbocycles. The van der Waals surface area contributed by atoms with Crippen LogP contribution in [0.1, 0.15) is 39.0 Å². The van der Waals surface area contributed by atoms with Gasteiger partial charge in [-0.2, -0.15) is 11.8 Å². The molecule has 1 saturated heterocycles. The molecular formula is C13H26IN3OS. The Kier molecular flexibility index (Phi) is 7.83. The zero-order valence-electron chi connectivity index (χ0n) is 11.7. The van der Waals surface area contributed by atoms with Crippen molar-refractivity contribution in [3.05, 3.63) is 0 Å². The summed E-state index contributed by atoms with van der Waals surface area (Å²) in [7, 11) is 0. The average Bonchev–Trinajstić information content (AvgIpc) is 2.35. The lowest BCUT2D eigenvalue weighted by Crippen LogP contribution is -2.47. The van der Waals surface area contributed by atoms with E-state index in [0.717, 1.165) is 37.5 Å². The molecule has 0 aromatic rings. The largest absolute Gasteiger partial charge is 0.388 e. The van der Waals surface area contributed by atoms with Gasteiger partial charge < -0.3 is 15.7 Å². The minimum atomic E-state index is -0.524. The van der Waals surface area contributed by atoms with Crippen LogP contribution in [-0.4, -0.2) is 47.3 Å². The maximum Gasteiger partial charge on any atom is 0.191 e. The van der Waals surface area contributed by atoms with Gasteiger partial charge in [0, 0.05) is 18.3 Å². The number of hydrogen-bond donors (Lipinski definition) is 3. The van der Waals surface area contributed by atoms with Crippen molar-refractivity contribution in [2.45, 2.75) is 50.7 Å². The first kappa shape index (κ1) is 17.4. The molecule has 0 spiro atoms. The second-order valence-electron chi connectivity index (χ2n) is 5.33. The molecule has 0 aromatic heterocycles. The third kappa shape index (κ3) is 5.67. The zero-order valence-corrected chi connectivity index (χ0v) is 14.8. The van der Waals surface area contributed by atoms with E-state index >= 15 is 0 Å². The van der Waals surface area contributed by atoms with Crippen LogP contribution in [-0.2, 0) is 0 Å². The van der Waals surface area contributed by atoms with Crippen molar-refractivity contribution < 1.29 is 5.11 Å². The van der Waals surface area contributed by atoms with Crippen molar-refractivity contribution in [3.8, 4) is 0 Å². The summed E-state index contributed by atoms with van der Waals surface area (Å²) in [5.41, 5.74) is -0.524. The third-order valence-corrected chi connectivity index (χ3v) is 4.88. The van der Waals surface area contributed by atoms with E-state index in [-0.39, 0.29) is 24.0 Å². The van der Waals surface area contributed by atoms with Crippen LogP contribution >= 0.6 is 35.7 Å². The molecule has 19 heavy (non-hydrogen) atoms. The number of rotatable bonds is 4.